The Bertz CT molecular complexity index is 582. The zero-order valence-electron chi connectivity index (χ0n) is 10.3. The normalized spacial score (nSPS) is 14.4. The van der Waals surface area contributed by atoms with Gasteiger partial charge in [-0.25, -0.2) is 4.98 Å². The van der Waals surface area contributed by atoms with Crippen LogP contribution in [0.1, 0.15) is 30.1 Å². The summed E-state index contributed by atoms with van der Waals surface area (Å²) in [6, 6.07) is 9.18. The van der Waals surface area contributed by atoms with E-state index in [2.05, 4.69) is 9.97 Å². The van der Waals surface area contributed by atoms with Crippen LogP contribution in [-0.2, 0) is 6.61 Å². The van der Waals surface area contributed by atoms with Crippen molar-refractivity contribution in [3.05, 3.63) is 46.7 Å². The SMILES string of the molecule is Nc1cc(OCc2ccc(Cl)cc2)nc(C2CC2)n1. The van der Waals surface area contributed by atoms with E-state index in [0.717, 1.165) is 24.2 Å². The summed E-state index contributed by atoms with van der Waals surface area (Å²) in [6.45, 7) is 0.442. The topological polar surface area (TPSA) is 61.0 Å². The van der Waals surface area contributed by atoms with Crippen LogP contribution >= 0.6 is 11.6 Å². The van der Waals surface area contributed by atoms with Gasteiger partial charge in [-0.15, -0.1) is 0 Å². The molecule has 0 atom stereocenters. The molecule has 5 heteroatoms. The number of nitrogens with zero attached hydrogens (tertiary/aromatic N) is 2. The molecule has 0 aliphatic heterocycles. The number of aromatic nitrogens is 2. The highest BCUT2D eigenvalue weighted by molar-refractivity contribution is 6.30. The summed E-state index contributed by atoms with van der Waals surface area (Å²) in [7, 11) is 0. The van der Waals surface area contributed by atoms with Crippen molar-refractivity contribution in [2.75, 3.05) is 5.73 Å². The number of hydrogen-bond acceptors (Lipinski definition) is 4. The van der Waals surface area contributed by atoms with E-state index in [1.54, 1.807) is 6.07 Å². The smallest absolute Gasteiger partial charge is 0.219 e. The summed E-state index contributed by atoms with van der Waals surface area (Å²) < 4.78 is 5.66. The first kappa shape index (κ1) is 12.2. The zero-order chi connectivity index (χ0) is 13.2. The van der Waals surface area contributed by atoms with E-state index in [4.69, 9.17) is 22.1 Å². The van der Waals surface area contributed by atoms with Crippen LogP contribution in [0.5, 0.6) is 5.88 Å². The lowest BCUT2D eigenvalue weighted by molar-refractivity contribution is 0.292. The van der Waals surface area contributed by atoms with Crippen molar-refractivity contribution >= 4 is 17.4 Å². The molecule has 1 aliphatic rings. The molecule has 1 heterocycles. The highest BCUT2D eigenvalue weighted by Gasteiger charge is 2.27. The minimum atomic E-state index is 0.442. The fraction of sp³-hybridized carbons (Fsp3) is 0.286. The number of hydrogen-bond donors (Lipinski definition) is 1. The van der Waals surface area contributed by atoms with Gasteiger partial charge in [0, 0.05) is 17.0 Å². The fourth-order valence-corrected chi connectivity index (χ4v) is 1.92. The van der Waals surface area contributed by atoms with Crippen molar-refractivity contribution in [3.63, 3.8) is 0 Å². The Labute approximate surface area is 116 Å². The van der Waals surface area contributed by atoms with Gasteiger partial charge < -0.3 is 10.5 Å². The maximum atomic E-state index is 5.83. The van der Waals surface area contributed by atoms with Crippen LogP contribution in [0.25, 0.3) is 0 Å². The Balaban J connectivity index is 1.70. The number of anilines is 1. The molecule has 0 amide bonds. The molecule has 19 heavy (non-hydrogen) atoms. The van der Waals surface area contributed by atoms with Gasteiger partial charge >= 0.3 is 0 Å². The third-order valence-electron chi connectivity index (χ3n) is 2.98. The van der Waals surface area contributed by atoms with Crippen LogP contribution in [0.2, 0.25) is 5.02 Å². The van der Waals surface area contributed by atoms with Crippen LogP contribution in [0.4, 0.5) is 5.82 Å². The van der Waals surface area contributed by atoms with Gasteiger partial charge in [0.25, 0.3) is 0 Å². The zero-order valence-corrected chi connectivity index (χ0v) is 11.1. The van der Waals surface area contributed by atoms with Crippen molar-refractivity contribution in [2.24, 2.45) is 0 Å². The van der Waals surface area contributed by atoms with E-state index >= 15 is 0 Å². The van der Waals surface area contributed by atoms with Gasteiger partial charge in [-0.2, -0.15) is 4.98 Å². The first-order valence-corrected chi connectivity index (χ1v) is 6.60. The Morgan fingerprint density at radius 3 is 2.63 bits per heavy atom. The maximum Gasteiger partial charge on any atom is 0.219 e. The summed E-state index contributed by atoms with van der Waals surface area (Å²) in [5.41, 5.74) is 6.80. The summed E-state index contributed by atoms with van der Waals surface area (Å²) in [5, 5.41) is 0.714. The van der Waals surface area contributed by atoms with Crippen molar-refractivity contribution in [2.45, 2.75) is 25.4 Å². The first-order chi connectivity index (χ1) is 9.20. The van der Waals surface area contributed by atoms with E-state index < -0.39 is 0 Å². The summed E-state index contributed by atoms with van der Waals surface area (Å²) in [4.78, 5) is 8.62. The molecular formula is C14H14ClN3O. The molecule has 1 aromatic heterocycles. The lowest BCUT2D eigenvalue weighted by Gasteiger charge is -2.07. The average Bonchev–Trinajstić information content (AvgIpc) is 3.22. The quantitative estimate of drug-likeness (QED) is 0.931. The van der Waals surface area contributed by atoms with Crippen LogP contribution in [0.15, 0.2) is 30.3 Å². The largest absolute Gasteiger partial charge is 0.473 e. The fourth-order valence-electron chi connectivity index (χ4n) is 1.80. The molecule has 4 nitrogen and oxygen atoms in total. The number of nitrogen functional groups attached to an aromatic ring is 1. The van der Waals surface area contributed by atoms with Gasteiger partial charge in [0.1, 0.15) is 18.2 Å². The molecule has 0 spiro atoms. The van der Waals surface area contributed by atoms with E-state index in [9.17, 15) is 0 Å². The van der Waals surface area contributed by atoms with Crippen molar-refractivity contribution in [3.8, 4) is 5.88 Å². The lowest BCUT2D eigenvalue weighted by atomic mass is 10.2. The molecule has 1 fully saturated rings. The van der Waals surface area contributed by atoms with Crippen molar-refractivity contribution < 1.29 is 4.74 Å². The minimum absolute atomic E-state index is 0.442. The summed E-state index contributed by atoms with van der Waals surface area (Å²) in [6.07, 6.45) is 2.28. The lowest BCUT2D eigenvalue weighted by Crippen LogP contribution is -2.03. The Morgan fingerprint density at radius 2 is 1.95 bits per heavy atom. The molecule has 1 aliphatic carbocycles. The molecule has 3 rings (SSSR count). The first-order valence-electron chi connectivity index (χ1n) is 6.22. The third-order valence-corrected chi connectivity index (χ3v) is 3.23. The maximum absolute atomic E-state index is 5.83. The minimum Gasteiger partial charge on any atom is -0.473 e. The van der Waals surface area contributed by atoms with Crippen LogP contribution in [-0.4, -0.2) is 9.97 Å². The van der Waals surface area contributed by atoms with Gasteiger partial charge in [0.2, 0.25) is 5.88 Å². The monoisotopic (exact) mass is 275 g/mol. The average molecular weight is 276 g/mol. The number of rotatable bonds is 4. The molecule has 1 aromatic carbocycles. The summed E-state index contributed by atoms with van der Waals surface area (Å²) in [5.74, 6) is 2.25. The van der Waals surface area contributed by atoms with E-state index in [1.807, 2.05) is 24.3 Å². The van der Waals surface area contributed by atoms with Crippen LogP contribution in [0.3, 0.4) is 0 Å². The predicted molar refractivity (Wildman–Crippen MR) is 74.2 cm³/mol. The Morgan fingerprint density at radius 1 is 1.21 bits per heavy atom. The van der Waals surface area contributed by atoms with Crippen LogP contribution < -0.4 is 10.5 Å². The standard InChI is InChI=1S/C14H14ClN3O/c15-11-5-1-9(2-6-11)8-19-13-7-12(16)17-14(18-13)10-3-4-10/h1-2,5-7,10H,3-4,8H2,(H2,16,17,18). The molecule has 0 bridgehead atoms. The van der Waals surface area contributed by atoms with Gasteiger partial charge in [0.15, 0.2) is 0 Å². The highest BCUT2D eigenvalue weighted by atomic mass is 35.5. The van der Waals surface area contributed by atoms with Gasteiger partial charge in [-0.1, -0.05) is 23.7 Å². The molecule has 2 N–H and O–H groups in total. The highest BCUT2D eigenvalue weighted by Crippen LogP contribution is 2.38. The molecule has 0 unspecified atom stereocenters. The molecule has 0 saturated heterocycles. The number of halogens is 1. The second-order valence-corrected chi connectivity index (χ2v) is 5.12. The van der Waals surface area contributed by atoms with Gasteiger partial charge in [0.05, 0.1) is 0 Å². The molecule has 98 valence electrons. The van der Waals surface area contributed by atoms with Gasteiger partial charge in [-0.05, 0) is 30.5 Å². The van der Waals surface area contributed by atoms with Crippen molar-refractivity contribution in [1.82, 2.24) is 9.97 Å². The second kappa shape index (κ2) is 5.05. The van der Waals surface area contributed by atoms with E-state index in [1.165, 1.54) is 0 Å². The number of nitrogens with two attached hydrogens (primary N) is 1. The summed E-state index contributed by atoms with van der Waals surface area (Å²) >= 11 is 5.83. The molecule has 2 aromatic rings. The third kappa shape index (κ3) is 3.15. The molecule has 1 saturated carbocycles. The van der Waals surface area contributed by atoms with Crippen molar-refractivity contribution in [1.29, 1.82) is 0 Å². The number of ether oxygens (including phenoxy) is 1. The predicted octanol–water partition coefficient (Wildman–Crippen LogP) is 3.17. The molecule has 0 radical (unpaired) electrons. The number of benzene rings is 1. The Kier molecular flexibility index (Phi) is 3.25. The van der Waals surface area contributed by atoms with E-state index in [0.29, 0.717) is 29.2 Å². The Hall–Kier alpha value is -1.81. The second-order valence-electron chi connectivity index (χ2n) is 4.68. The van der Waals surface area contributed by atoms with Gasteiger partial charge in [-0.3, -0.25) is 0 Å². The molecular weight excluding hydrogens is 262 g/mol. The van der Waals surface area contributed by atoms with Crippen LogP contribution in [0, 0.1) is 0 Å². The van der Waals surface area contributed by atoms with E-state index in [-0.39, 0.29) is 0 Å².